The molecule has 2 aromatic rings. The number of piperazine rings is 1. The summed E-state index contributed by atoms with van der Waals surface area (Å²) >= 11 is 0. The minimum absolute atomic E-state index is 0.150. The third-order valence-corrected chi connectivity index (χ3v) is 6.15. The zero-order chi connectivity index (χ0) is 25.7. The molecule has 1 N–H and O–H groups in total. The minimum Gasteiger partial charge on any atom is -0.493 e. The Bertz CT molecular complexity index is 1030. The van der Waals surface area contributed by atoms with Gasteiger partial charge in [0.2, 0.25) is 5.75 Å². The van der Waals surface area contributed by atoms with Crippen molar-refractivity contribution in [2.45, 2.75) is 18.5 Å². The van der Waals surface area contributed by atoms with Gasteiger partial charge in [-0.05, 0) is 18.6 Å². The summed E-state index contributed by atoms with van der Waals surface area (Å²) in [6, 6.07) is 12.2. The van der Waals surface area contributed by atoms with Crippen molar-refractivity contribution < 1.29 is 43.1 Å². The Morgan fingerprint density at radius 3 is 2.03 bits per heavy atom. The number of rotatable bonds is 10. The van der Waals surface area contributed by atoms with Crippen LogP contribution in [0, 0.1) is 0 Å². The van der Waals surface area contributed by atoms with Crippen LogP contribution in [0.5, 0.6) is 23.0 Å². The van der Waals surface area contributed by atoms with Gasteiger partial charge in [-0.1, -0.05) is 18.2 Å². The van der Waals surface area contributed by atoms with Gasteiger partial charge in [-0.3, -0.25) is 4.90 Å². The van der Waals surface area contributed by atoms with E-state index in [0.29, 0.717) is 23.8 Å². The second-order valence-electron chi connectivity index (χ2n) is 8.31. The zero-order valence-electron chi connectivity index (χ0n) is 20.5. The summed E-state index contributed by atoms with van der Waals surface area (Å²) in [5, 5.41) is 10.9. The summed E-state index contributed by atoms with van der Waals surface area (Å²) < 4.78 is 32.1. The van der Waals surface area contributed by atoms with E-state index in [2.05, 4.69) is 9.80 Å². The Hall–Kier alpha value is -3.70. The number of carbonyl (C=O) groups excluding carboxylic acids is 2. The number of aliphatic hydroxyl groups excluding tert-OH is 1. The largest absolute Gasteiger partial charge is 0.493 e. The van der Waals surface area contributed by atoms with Gasteiger partial charge in [0.05, 0.1) is 21.3 Å². The molecule has 0 spiro atoms. The third kappa shape index (κ3) is 5.26. The van der Waals surface area contributed by atoms with Gasteiger partial charge >= 0.3 is 17.9 Å². The Morgan fingerprint density at radius 1 is 0.917 bits per heavy atom. The molecule has 0 aliphatic carbocycles. The Kier molecular flexibility index (Phi) is 7.70. The van der Waals surface area contributed by atoms with E-state index in [-0.39, 0.29) is 12.2 Å². The van der Waals surface area contributed by atoms with Crippen LogP contribution in [0.2, 0.25) is 0 Å². The molecule has 0 radical (unpaired) electrons. The molecule has 11 heteroatoms. The highest BCUT2D eigenvalue weighted by molar-refractivity contribution is 6.31. The van der Waals surface area contributed by atoms with Crippen LogP contribution in [-0.2, 0) is 19.1 Å². The quantitative estimate of drug-likeness (QED) is 0.376. The summed E-state index contributed by atoms with van der Waals surface area (Å²) in [6.45, 7) is 3.36. The molecule has 2 saturated heterocycles. The van der Waals surface area contributed by atoms with E-state index in [4.69, 9.17) is 28.4 Å². The van der Waals surface area contributed by atoms with Crippen molar-refractivity contribution >= 4 is 17.6 Å². The fourth-order valence-electron chi connectivity index (χ4n) is 4.22. The van der Waals surface area contributed by atoms with Gasteiger partial charge in [-0.2, -0.15) is 0 Å². The molecule has 11 nitrogen and oxygen atoms in total. The molecule has 36 heavy (non-hydrogen) atoms. The number of cyclic esters (lactones) is 2. The number of para-hydroxylation sites is 1. The highest BCUT2D eigenvalue weighted by atomic mass is 16.9. The van der Waals surface area contributed by atoms with Gasteiger partial charge < -0.3 is 38.4 Å². The Morgan fingerprint density at radius 2 is 1.50 bits per heavy atom. The lowest BCUT2D eigenvalue weighted by Gasteiger charge is -2.37. The monoisotopic (exact) mass is 502 g/mol. The molecule has 0 aromatic heterocycles. The first kappa shape index (κ1) is 25.4. The molecule has 0 amide bonds. The van der Waals surface area contributed by atoms with Gasteiger partial charge in [0.25, 0.3) is 0 Å². The minimum atomic E-state index is -2.21. The number of aliphatic hydroxyl groups is 1. The van der Waals surface area contributed by atoms with Crippen LogP contribution >= 0.6 is 0 Å². The number of hydrogen-bond donors (Lipinski definition) is 1. The van der Waals surface area contributed by atoms with Crippen molar-refractivity contribution in [3.8, 4) is 23.0 Å². The number of benzene rings is 2. The zero-order valence-corrected chi connectivity index (χ0v) is 20.5. The first-order chi connectivity index (χ1) is 17.4. The maximum absolute atomic E-state index is 11.8. The van der Waals surface area contributed by atoms with Gasteiger partial charge in [-0.15, -0.1) is 0 Å². The highest BCUT2D eigenvalue weighted by Crippen LogP contribution is 2.41. The standard InChI is InChI=1S/C25H30N2O9/c1-31-19-15-17(16-20(32-2)22(19)33-3)27-13-11-26(12-14-27)10-9-21(28)25(35-23(29)24(30)36-25)34-18-7-5-4-6-8-18/h4-8,15-16,21,28H,9-14H2,1-3H3. The number of ether oxygens (including phenoxy) is 6. The lowest BCUT2D eigenvalue weighted by molar-refractivity contribution is -0.318. The van der Waals surface area contributed by atoms with Gasteiger partial charge in [0.1, 0.15) is 5.75 Å². The predicted octanol–water partition coefficient (Wildman–Crippen LogP) is 1.42. The second-order valence-corrected chi connectivity index (χ2v) is 8.31. The van der Waals surface area contributed by atoms with Crippen LogP contribution in [0.15, 0.2) is 42.5 Å². The van der Waals surface area contributed by atoms with Crippen LogP contribution in [-0.4, -0.2) is 88.1 Å². The average molecular weight is 503 g/mol. The average Bonchev–Trinajstić information content (AvgIpc) is 3.20. The van der Waals surface area contributed by atoms with E-state index < -0.39 is 24.0 Å². The Balaban J connectivity index is 1.37. The van der Waals surface area contributed by atoms with Crippen molar-refractivity contribution in [2.24, 2.45) is 0 Å². The van der Waals surface area contributed by atoms with E-state index in [9.17, 15) is 14.7 Å². The fourth-order valence-corrected chi connectivity index (χ4v) is 4.22. The molecule has 1 unspecified atom stereocenters. The molecule has 2 heterocycles. The molecule has 0 bridgehead atoms. The topological polar surface area (TPSA) is 116 Å². The highest BCUT2D eigenvalue weighted by Gasteiger charge is 2.57. The molecule has 4 rings (SSSR count). The Labute approximate surface area is 209 Å². The number of esters is 2. The van der Waals surface area contributed by atoms with Crippen molar-refractivity contribution in [1.82, 2.24) is 4.90 Å². The molecule has 194 valence electrons. The molecule has 2 aromatic carbocycles. The van der Waals surface area contributed by atoms with E-state index in [1.54, 1.807) is 51.7 Å². The summed E-state index contributed by atoms with van der Waals surface area (Å²) in [5.41, 5.74) is 0.948. The van der Waals surface area contributed by atoms with Crippen LogP contribution < -0.4 is 23.8 Å². The van der Waals surface area contributed by atoms with Gasteiger partial charge in [-0.25, -0.2) is 9.59 Å². The predicted molar refractivity (Wildman–Crippen MR) is 127 cm³/mol. The summed E-state index contributed by atoms with van der Waals surface area (Å²) in [6.07, 6.45) is -1.24. The smallest absolute Gasteiger partial charge is 0.450 e. The molecule has 0 saturated carbocycles. The fraction of sp³-hybridized carbons (Fsp3) is 0.440. The normalized spacial score (nSPS) is 18.3. The van der Waals surface area contributed by atoms with Crippen LogP contribution in [0.1, 0.15) is 6.42 Å². The van der Waals surface area contributed by atoms with Crippen LogP contribution in [0.4, 0.5) is 5.69 Å². The second kappa shape index (κ2) is 10.9. The maximum atomic E-state index is 11.8. The lowest BCUT2D eigenvalue weighted by atomic mass is 10.1. The van der Waals surface area contributed by atoms with E-state index >= 15 is 0 Å². The number of methoxy groups -OCH3 is 3. The van der Waals surface area contributed by atoms with Crippen LogP contribution in [0.3, 0.4) is 0 Å². The number of hydrogen-bond acceptors (Lipinski definition) is 11. The number of anilines is 1. The summed E-state index contributed by atoms with van der Waals surface area (Å²) in [5.74, 6) is -2.63. The summed E-state index contributed by atoms with van der Waals surface area (Å²) in [7, 11) is 4.73. The molecule has 2 fully saturated rings. The molecule has 2 aliphatic rings. The molecule has 1 atom stereocenters. The SMILES string of the molecule is COc1cc(N2CCN(CCC(O)C3(Oc4ccccc4)OC(=O)C(=O)O3)CC2)cc(OC)c1OC. The molecule has 2 aliphatic heterocycles. The van der Waals surface area contributed by atoms with Crippen LogP contribution in [0.25, 0.3) is 0 Å². The van der Waals surface area contributed by atoms with Crippen molar-refractivity contribution in [2.75, 3.05) is 59.0 Å². The van der Waals surface area contributed by atoms with Crippen molar-refractivity contribution in [3.63, 3.8) is 0 Å². The number of nitrogens with zero attached hydrogens (tertiary/aromatic N) is 2. The number of carbonyl (C=O) groups is 2. The first-order valence-corrected chi connectivity index (χ1v) is 11.5. The van der Waals surface area contributed by atoms with Crippen molar-refractivity contribution in [1.29, 1.82) is 0 Å². The third-order valence-electron chi connectivity index (χ3n) is 6.15. The molecular formula is C25H30N2O9. The molecular weight excluding hydrogens is 472 g/mol. The summed E-state index contributed by atoms with van der Waals surface area (Å²) in [4.78, 5) is 27.9. The van der Waals surface area contributed by atoms with Gasteiger partial charge in [0, 0.05) is 50.5 Å². The van der Waals surface area contributed by atoms with E-state index in [1.165, 1.54) is 0 Å². The van der Waals surface area contributed by atoms with Gasteiger partial charge in [0.15, 0.2) is 17.6 Å². The van der Waals surface area contributed by atoms with E-state index in [1.807, 2.05) is 12.1 Å². The maximum Gasteiger partial charge on any atom is 0.450 e. The van der Waals surface area contributed by atoms with E-state index in [0.717, 1.165) is 31.9 Å². The first-order valence-electron chi connectivity index (χ1n) is 11.5. The van der Waals surface area contributed by atoms with Crippen molar-refractivity contribution in [3.05, 3.63) is 42.5 Å². The lowest BCUT2D eigenvalue weighted by Crippen LogP contribution is -2.52.